The molecule has 1 aliphatic rings. The molecule has 0 atom stereocenters. The molecule has 0 spiro atoms. The Balaban J connectivity index is 1.43. The van der Waals surface area contributed by atoms with Crippen LogP contribution < -0.4 is 0 Å². The Morgan fingerprint density at radius 3 is 3.05 bits per heavy atom. The van der Waals surface area contributed by atoms with Crippen molar-refractivity contribution in [3.05, 3.63) is 48.4 Å². The summed E-state index contributed by atoms with van der Waals surface area (Å²) < 4.78 is 1.95. The van der Waals surface area contributed by atoms with Crippen LogP contribution in [0, 0.1) is 0 Å². The Morgan fingerprint density at radius 2 is 2.21 bits per heavy atom. The van der Waals surface area contributed by atoms with Crippen LogP contribution in [0.1, 0.15) is 11.6 Å². The van der Waals surface area contributed by atoms with Gasteiger partial charge in [0, 0.05) is 37.5 Å². The highest BCUT2D eigenvalue weighted by Gasteiger charge is 2.28. The standard InChI is InChI=1S/C14H15N5/c1-2-14-12(3-4-15-14)7-11(1)8-18-9-13(10-18)19-6-5-16-17-19/h1-7,13,15H,8-10H2. The predicted molar refractivity (Wildman–Crippen MR) is 72.6 cm³/mol. The van der Waals surface area contributed by atoms with Gasteiger partial charge in [-0.3, -0.25) is 4.90 Å². The minimum Gasteiger partial charge on any atom is -0.361 e. The van der Waals surface area contributed by atoms with Crippen LogP contribution in [0.25, 0.3) is 10.9 Å². The zero-order valence-corrected chi connectivity index (χ0v) is 10.5. The molecule has 1 aliphatic heterocycles. The third kappa shape index (κ3) is 1.92. The number of likely N-dealkylation sites (tertiary alicyclic amines) is 1. The fourth-order valence-electron chi connectivity index (χ4n) is 2.71. The van der Waals surface area contributed by atoms with Crippen LogP contribution >= 0.6 is 0 Å². The van der Waals surface area contributed by atoms with Gasteiger partial charge in [0.25, 0.3) is 0 Å². The normalized spacial score (nSPS) is 16.8. The van der Waals surface area contributed by atoms with Crippen LogP contribution in [0.15, 0.2) is 42.9 Å². The number of benzene rings is 1. The lowest BCUT2D eigenvalue weighted by Crippen LogP contribution is -2.47. The lowest BCUT2D eigenvalue weighted by molar-refractivity contribution is 0.0897. The van der Waals surface area contributed by atoms with E-state index in [9.17, 15) is 0 Å². The highest BCUT2D eigenvalue weighted by Crippen LogP contribution is 2.23. The van der Waals surface area contributed by atoms with Crippen molar-refractivity contribution in [1.82, 2.24) is 24.9 Å². The van der Waals surface area contributed by atoms with Gasteiger partial charge in [0.15, 0.2) is 0 Å². The van der Waals surface area contributed by atoms with Gasteiger partial charge in [-0.05, 0) is 29.1 Å². The quantitative estimate of drug-likeness (QED) is 0.774. The molecule has 1 aromatic carbocycles. The van der Waals surface area contributed by atoms with Crippen molar-refractivity contribution in [3.63, 3.8) is 0 Å². The number of hydrogen-bond donors (Lipinski definition) is 1. The minimum absolute atomic E-state index is 0.485. The van der Waals surface area contributed by atoms with Crippen molar-refractivity contribution in [2.24, 2.45) is 0 Å². The monoisotopic (exact) mass is 253 g/mol. The molecule has 4 rings (SSSR count). The summed E-state index contributed by atoms with van der Waals surface area (Å²) in [6.45, 7) is 3.11. The maximum atomic E-state index is 4.05. The maximum Gasteiger partial charge on any atom is 0.0790 e. The Hall–Kier alpha value is -2.14. The van der Waals surface area contributed by atoms with Gasteiger partial charge in [-0.2, -0.15) is 0 Å². The summed E-state index contributed by atoms with van der Waals surface area (Å²) in [6, 6.07) is 9.21. The maximum absolute atomic E-state index is 4.05. The second-order valence-corrected chi connectivity index (χ2v) is 5.13. The number of nitrogens with zero attached hydrogens (tertiary/aromatic N) is 4. The van der Waals surface area contributed by atoms with Gasteiger partial charge < -0.3 is 4.98 Å². The molecule has 0 aliphatic carbocycles. The molecule has 1 fully saturated rings. The number of rotatable bonds is 3. The number of nitrogens with one attached hydrogen (secondary N) is 1. The van der Waals surface area contributed by atoms with Gasteiger partial charge >= 0.3 is 0 Å². The van der Waals surface area contributed by atoms with Crippen LogP contribution in [0.2, 0.25) is 0 Å². The number of fused-ring (bicyclic) bond motifs is 1. The molecule has 0 amide bonds. The van der Waals surface area contributed by atoms with Gasteiger partial charge in [-0.25, -0.2) is 4.68 Å². The summed E-state index contributed by atoms with van der Waals surface area (Å²) in [5.41, 5.74) is 2.57. The molecule has 3 heterocycles. The Kier molecular flexibility index (Phi) is 2.38. The molecule has 3 aromatic rings. The van der Waals surface area contributed by atoms with E-state index in [0.29, 0.717) is 6.04 Å². The fourth-order valence-corrected chi connectivity index (χ4v) is 2.71. The SMILES string of the molecule is c1cn(C2CN(Cc3ccc4[nH]ccc4c3)C2)nn1. The Morgan fingerprint density at radius 1 is 1.26 bits per heavy atom. The summed E-state index contributed by atoms with van der Waals surface area (Å²) in [4.78, 5) is 5.65. The second-order valence-electron chi connectivity index (χ2n) is 5.13. The van der Waals surface area contributed by atoms with E-state index >= 15 is 0 Å². The van der Waals surface area contributed by atoms with E-state index < -0.39 is 0 Å². The predicted octanol–water partition coefficient (Wildman–Crippen LogP) is 1.82. The first kappa shape index (κ1) is 10.8. The van der Waals surface area contributed by atoms with E-state index in [1.165, 1.54) is 16.5 Å². The van der Waals surface area contributed by atoms with Gasteiger partial charge in [0.1, 0.15) is 0 Å². The Bertz CT molecular complexity index is 679. The van der Waals surface area contributed by atoms with Gasteiger partial charge in [-0.1, -0.05) is 11.3 Å². The summed E-state index contributed by atoms with van der Waals surface area (Å²) in [5.74, 6) is 0. The van der Waals surface area contributed by atoms with Crippen LogP contribution in [-0.2, 0) is 6.54 Å². The molecule has 0 saturated carbocycles. The fraction of sp³-hybridized carbons (Fsp3) is 0.286. The summed E-state index contributed by atoms with van der Waals surface area (Å²) >= 11 is 0. The topological polar surface area (TPSA) is 49.7 Å². The van der Waals surface area contributed by atoms with Gasteiger partial charge in [0.2, 0.25) is 0 Å². The molecule has 0 unspecified atom stereocenters. The molecule has 5 heteroatoms. The highest BCUT2D eigenvalue weighted by atomic mass is 15.5. The highest BCUT2D eigenvalue weighted by molar-refractivity contribution is 5.79. The van der Waals surface area contributed by atoms with Crippen molar-refractivity contribution >= 4 is 10.9 Å². The molecular formula is C14H15N5. The first-order valence-electron chi connectivity index (χ1n) is 6.53. The van der Waals surface area contributed by atoms with Crippen LogP contribution in [-0.4, -0.2) is 38.0 Å². The van der Waals surface area contributed by atoms with Crippen LogP contribution in [0.5, 0.6) is 0 Å². The van der Waals surface area contributed by atoms with Crippen molar-refractivity contribution in [2.45, 2.75) is 12.6 Å². The van der Waals surface area contributed by atoms with Crippen molar-refractivity contribution in [1.29, 1.82) is 0 Å². The Labute approximate surface area is 110 Å². The van der Waals surface area contributed by atoms with Crippen molar-refractivity contribution in [3.8, 4) is 0 Å². The van der Waals surface area contributed by atoms with E-state index in [1.807, 2.05) is 17.1 Å². The lowest BCUT2D eigenvalue weighted by Gasteiger charge is -2.38. The molecule has 1 N–H and O–H groups in total. The average Bonchev–Trinajstić information content (AvgIpc) is 3.03. The number of aromatic nitrogens is 4. The molecule has 2 aromatic heterocycles. The third-order valence-electron chi connectivity index (χ3n) is 3.78. The summed E-state index contributed by atoms with van der Waals surface area (Å²) in [7, 11) is 0. The third-order valence-corrected chi connectivity index (χ3v) is 3.78. The second kappa shape index (κ2) is 4.20. The number of aromatic amines is 1. The summed E-state index contributed by atoms with van der Waals surface area (Å²) in [5, 5.41) is 9.19. The smallest absolute Gasteiger partial charge is 0.0790 e. The lowest BCUT2D eigenvalue weighted by atomic mass is 10.1. The average molecular weight is 253 g/mol. The molecular weight excluding hydrogens is 238 g/mol. The number of H-pyrrole nitrogens is 1. The van der Waals surface area contributed by atoms with Crippen LogP contribution in [0.3, 0.4) is 0 Å². The van der Waals surface area contributed by atoms with Crippen molar-refractivity contribution in [2.75, 3.05) is 13.1 Å². The molecule has 1 saturated heterocycles. The van der Waals surface area contributed by atoms with Gasteiger partial charge in [0.05, 0.1) is 12.2 Å². The first-order valence-corrected chi connectivity index (χ1v) is 6.53. The van der Waals surface area contributed by atoms with E-state index in [4.69, 9.17) is 0 Å². The van der Waals surface area contributed by atoms with E-state index in [2.05, 4.69) is 44.5 Å². The molecule has 96 valence electrons. The summed E-state index contributed by atoms with van der Waals surface area (Å²) in [6.07, 6.45) is 5.66. The molecule has 0 radical (unpaired) electrons. The van der Waals surface area contributed by atoms with E-state index in [0.717, 1.165) is 19.6 Å². The first-order chi connectivity index (χ1) is 9.38. The zero-order valence-electron chi connectivity index (χ0n) is 10.5. The largest absolute Gasteiger partial charge is 0.361 e. The minimum atomic E-state index is 0.485. The zero-order chi connectivity index (χ0) is 12.7. The molecule has 5 nitrogen and oxygen atoms in total. The van der Waals surface area contributed by atoms with E-state index in [-0.39, 0.29) is 0 Å². The van der Waals surface area contributed by atoms with E-state index in [1.54, 1.807) is 6.20 Å². The molecule has 0 bridgehead atoms. The van der Waals surface area contributed by atoms with Crippen LogP contribution in [0.4, 0.5) is 0 Å². The number of hydrogen-bond acceptors (Lipinski definition) is 3. The molecule has 19 heavy (non-hydrogen) atoms. The van der Waals surface area contributed by atoms with Gasteiger partial charge in [-0.15, -0.1) is 5.10 Å². The van der Waals surface area contributed by atoms with Crippen molar-refractivity contribution < 1.29 is 0 Å².